The number of nitrogens with zero attached hydrogens (tertiary/aromatic N) is 2. The molecule has 0 spiro atoms. The fourth-order valence-electron chi connectivity index (χ4n) is 3.22. The Morgan fingerprint density at radius 3 is 2.73 bits per heavy atom. The van der Waals surface area contributed by atoms with Crippen LogP contribution in [0.5, 0.6) is 0 Å². The summed E-state index contributed by atoms with van der Waals surface area (Å²) in [6.07, 6.45) is 3.18. The lowest BCUT2D eigenvalue weighted by atomic mass is 10.1. The Morgan fingerprint density at radius 2 is 2.07 bits per heavy atom. The van der Waals surface area contributed by atoms with Gasteiger partial charge < -0.3 is 25.1 Å². The Kier molecular flexibility index (Phi) is 8.86. The number of carboxylic acids is 1. The normalized spacial score (nSPS) is 14.6. The molecule has 9 heteroatoms. The van der Waals surface area contributed by atoms with Crippen LogP contribution in [0, 0.1) is 0 Å². The number of carbonyl (C=O) groups is 2. The molecule has 0 aromatic carbocycles. The maximum atomic E-state index is 12.0. The smallest absolute Gasteiger partial charge is 0.480 e. The number of aliphatic hydroxyl groups is 1. The average molecular weight is 424 g/mol. The van der Waals surface area contributed by atoms with Crippen LogP contribution < -0.4 is 5.32 Å². The number of anilines is 1. The van der Waals surface area contributed by atoms with Crippen LogP contribution >= 0.6 is 0 Å². The molecule has 9 nitrogen and oxygen atoms in total. The quantitative estimate of drug-likeness (QED) is 0.296. The number of aliphatic hydroxyl groups excluding tert-OH is 1. The van der Waals surface area contributed by atoms with Gasteiger partial charge in [-0.3, -0.25) is 4.79 Å². The van der Waals surface area contributed by atoms with E-state index >= 15 is 0 Å². The van der Waals surface area contributed by atoms with Crippen LogP contribution in [0.1, 0.15) is 57.7 Å². The third kappa shape index (κ3) is 7.79. The molecule has 3 N–H and O–H groups in total. The first-order valence-corrected chi connectivity index (χ1v) is 10.4. The predicted molar refractivity (Wildman–Crippen MR) is 111 cm³/mol. The number of hydroxylamine groups is 2. The molecule has 1 aromatic heterocycles. The highest BCUT2D eigenvalue weighted by Gasteiger charge is 2.30. The zero-order valence-electron chi connectivity index (χ0n) is 18.0. The van der Waals surface area contributed by atoms with Gasteiger partial charge in [0.25, 0.3) is 0 Å². The first-order chi connectivity index (χ1) is 14.2. The summed E-state index contributed by atoms with van der Waals surface area (Å²) in [7, 11) is 0. The lowest BCUT2D eigenvalue weighted by molar-refractivity contribution is -0.186. The van der Waals surface area contributed by atoms with Crippen LogP contribution in [-0.2, 0) is 27.2 Å². The Morgan fingerprint density at radius 1 is 1.30 bits per heavy atom. The number of ether oxygens (including phenoxy) is 1. The van der Waals surface area contributed by atoms with E-state index in [-0.39, 0.29) is 19.6 Å². The van der Waals surface area contributed by atoms with Crippen molar-refractivity contribution in [1.82, 2.24) is 10.0 Å². The number of carboxylic acid groups (broad SMARTS) is 1. The molecule has 0 bridgehead atoms. The van der Waals surface area contributed by atoms with E-state index in [2.05, 4.69) is 16.4 Å². The van der Waals surface area contributed by atoms with Gasteiger partial charge in [-0.15, -0.1) is 5.06 Å². The topological polar surface area (TPSA) is 121 Å². The number of aryl methyl sites for hydroxylation is 2. The minimum absolute atomic E-state index is 0.0593. The maximum absolute atomic E-state index is 12.0. The molecule has 2 rings (SSSR count). The minimum atomic E-state index is -1.17. The predicted octanol–water partition coefficient (Wildman–Crippen LogP) is 2.77. The van der Waals surface area contributed by atoms with Gasteiger partial charge in [0.1, 0.15) is 17.5 Å². The van der Waals surface area contributed by atoms with Gasteiger partial charge in [-0.05, 0) is 70.9 Å². The number of aromatic nitrogens is 1. The molecule has 168 valence electrons. The van der Waals surface area contributed by atoms with Crippen LogP contribution in [0.15, 0.2) is 12.1 Å². The fourth-order valence-corrected chi connectivity index (χ4v) is 3.22. The molecule has 0 saturated carbocycles. The SMILES string of the molecule is CC(C)(C)OC(=O)ON(CCCCc1ccc2c(n1)NCCC2)[C@@H](CCO)C(=O)O. The van der Waals surface area contributed by atoms with Crippen molar-refractivity contribution in [2.75, 3.05) is 25.0 Å². The Balaban J connectivity index is 1.92. The van der Waals surface area contributed by atoms with Crippen molar-refractivity contribution < 1.29 is 29.4 Å². The van der Waals surface area contributed by atoms with Crippen LogP contribution in [0.2, 0.25) is 0 Å². The number of hydrogen-bond acceptors (Lipinski definition) is 8. The zero-order chi connectivity index (χ0) is 22.1. The Bertz CT molecular complexity index is 719. The third-order valence-corrected chi connectivity index (χ3v) is 4.63. The van der Waals surface area contributed by atoms with Gasteiger partial charge in [0.2, 0.25) is 0 Å². The number of rotatable bonds is 10. The van der Waals surface area contributed by atoms with E-state index in [0.717, 1.165) is 48.8 Å². The summed E-state index contributed by atoms with van der Waals surface area (Å²) in [5, 5.41) is 23.1. The van der Waals surface area contributed by atoms with Crippen molar-refractivity contribution in [2.45, 2.75) is 70.9 Å². The van der Waals surface area contributed by atoms with Crippen molar-refractivity contribution in [3.8, 4) is 0 Å². The monoisotopic (exact) mass is 423 g/mol. The molecule has 1 aliphatic rings. The van der Waals surface area contributed by atoms with Gasteiger partial charge in [0.05, 0.1) is 0 Å². The lowest BCUT2D eigenvalue weighted by Crippen LogP contribution is -2.44. The Hall–Kier alpha value is -2.39. The average Bonchev–Trinajstić information content (AvgIpc) is 2.66. The van der Waals surface area contributed by atoms with Gasteiger partial charge in [-0.2, -0.15) is 0 Å². The zero-order valence-corrected chi connectivity index (χ0v) is 18.0. The van der Waals surface area contributed by atoms with E-state index in [1.165, 1.54) is 5.56 Å². The molecule has 1 atom stereocenters. The largest absolute Gasteiger partial charge is 0.528 e. The van der Waals surface area contributed by atoms with Crippen LogP contribution in [0.25, 0.3) is 0 Å². The summed E-state index contributed by atoms with van der Waals surface area (Å²) < 4.78 is 5.13. The standard InChI is InChI=1S/C21H33N3O6/c1-21(2,3)29-20(28)30-24(17(11-14-25)19(26)27)13-5-4-8-16-10-9-15-7-6-12-22-18(15)23-16/h9-10,17,25H,4-8,11-14H2,1-3H3,(H,22,23)(H,26,27)/t17-/m0/s1. The summed E-state index contributed by atoms with van der Waals surface area (Å²) in [5.41, 5.74) is 1.44. The van der Waals surface area contributed by atoms with Crippen LogP contribution in [0.3, 0.4) is 0 Å². The fraction of sp³-hybridized carbons (Fsp3) is 0.667. The van der Waals surface area contributed by atoms with Crippen molar-refractivity contribution in [3.63, 3.8) is 0 Å². The van der Waals surface area contributed by atoms with Crippen molar-refractivity contribution >= 4 is 17.9 Å². The van der Waals surface area contributed by atoms with E-state index in [1.54, 1.807) is 20.8 Å². The molecule has 0 saturated heterocycles. The van der Waals surface area contributed by atoms with E-state index in [1.807, 2.05) is 6.07 Å². The number of nitrogens with one attached hydrogen (secondary N) is 1. The third-order valence-electron chi connectivity index (χ3n) is 4.63. The van der Waals surface area contributed by atoms with E-state index in [0.29, 0.717) is 6.42 Å². The maximum Gasteiger partial charge on any atom is 0.528 e. The molecular formula is C21H33N3O6. The van der Waals surface area contributed by atoms with E-state index in [9.17, 15) is 19.8 Å². The minimum Gasteiger partial charge on any atom is -0.480 e. The van der Waals surface area contributed by atoms with Gasteiger partial charge in [0.15, 0.2) is 0 Å². The van der Waals surface area contributed by atoms with E-state index < -0.39 is 23.8 Å². The molecule has 30 heavy (non-hydrogen) atoms. The van der Waals surface area contributed by atoms with Gasteiger partial charge in [-0.1, -0.05) is 6.07 Å². The highest BCUT2D eigenvalue weighted by Crippen LogP contribution is 2.20. The number of pyridine rings is 1. The van der Waals surface area contributed by atoms with Crippen LogP contribution in [-0.4, -0.2) is 63.7 Å². The highest BCUT2D eigenvalue weighted by molar-refractivity contribution is 5.73. The molecule has 0 fully saturated rings. The molecule has 1 aromatic rings. The molecule has 1 aliphatic heterocycles. The highest BCUT2D eigenvalue weighted by atomic mass is 16.8. The van der Waals surface area contributed by atoms with E-state index in [4.69, 9.17) is 9.57 Å². The Labute approximate surface area is 177 Å². The van der Waals surface area contributed by atoms with Crippen molar-refractivity contribution in [1.29, 1.82) is 0 Å². The molecule has 0 amide bonds. The number of carbonyl (C=O) groups excluding carboxylic acids is 1. The summed E-state index contributed by atoms with van der Waals surface area (Å²) >= 11 is 0. The number of fused-ring (bicyclic) bond motifs is 1. The second kappa shape index (κ2) is 11.1. The van der Waals surface area contributed by atoms with Crippen molar-refractivity contribution in [2.24, 2.45) is 0 Å². The summed E-state index contributed by atoms with van der Waals surface area (Å²) in [4.78, 5) is 33.5. The van der Waals surface area contributed by atoms with Crippen molar-refractivity contribution in [3.05, 3.63) is 23.4 Å². The van der Waals surface area contributed by atoms with Gasteiger partial charge >= 0.3 is 12.1 Å². The summed E-state index contributed by atoms with van der Waals surface area (Å²) in [6, 6.07) is 2.98. The summed E-state index contributed by atoms with van der Waals surface area (Å²) in [6.45, 7) is 5.89. The molecule has 0 unspecified atom stereocenters. The van der Waals surface area contributed by atoms with Crippen LogP contribution in [0.4, 0.5) is 10.6 Å². The molecule has 0 aliphatic carbocycles. The first-order valence-electron chi connectivity index (χ1n) is 10.4. The molecular weight excluding hydrogens is 390 g/mol. The number of aliphatic carboxylic acids is 1. The second-order valence-corrected chi connectivity index (χ2v) is 8.36. The van der Waals surface area contributed by atoms with Gasteiger partial charge in [-0.25, -0.2) is 9.78 Å². The second-order valence-electron chi connectivity index (χ2n) is 8.36. The number of unbranched alkanes of at least 4 members (excludes halogenated alkanes) is 1. The van der Waals surface area contributed by atoms with Gasteiger partial charge in [0, 0.05) is 25.4 Å². The molecule has 2 heterocycles. The molecule has 0 radical (unpaired) electrons. The lowest BCUT2D eigenvalue weighted by Gasteiger charge is -2.28. The first kappa shape index (κ1) is 23.9. The summed E-state index contributed by atoms with van der Waals surface area (Å²) in [5.74, 6) is -0.224. The number of hydrogen-bond donors (Lipinski definition) is 3.